The summed E-state index contributed by atoms with van der Waals surface area (Å²) >= 11 is 0. The Morgan fingerprint density at radius 2 is 2.29 bits per heavy atom. The zero-order valence-corrected chi connectivity index (χ0v) is 10.7. The molecule has 0 fully saturated rings. The number of β-amino-alcohol motifs (C(OH)–C–C–N with tert-alkyl or cyclic N) is 1. The van der Waals surface area contributed by atoms with Crippen molar-refractivity contribution in [2.75, 3.05) is 31.6 Å². The summed E-state index contributed by atoms with van der Waals surface area (Å²) in [5.74, 6) is 0. The lowest BCUT2D eigenvalue weighted by Crippen LogP contribution is -2.32. The van der Waals surface area contributed by atoms with Crippen molar-refractivity contribution in [1.82, 2.24) is 5.32 Å². The first-order chi connectivity index (χ1) is 8.26. The Morgan fingerprint density at radius 3 is 3.00 bits per heavy atom. The Hall–Kier alpha value is -1.06. The fourth-order valence-electron chi connectivity index (χ4n) is 2.48. The maximum atomic E-state index is 9.07. The second kappa shape index (κ2) is 5.52. The normalized spacial score (nSPS) is 16.8. The summed E-state index contributed by atoms with van der Waals surface area (Å²) < 4.78 is 0. The van der Waals surface area contributed by atoms with Crippen LogP contribution in [0.4, 0.5) is 5.69 Å². The average molecular weight is 234 g/mol. The fourth-order valence-corrected chi connectivity index (χ4v) is 2.48. The first kappa shape index (κ1) is 12.4. The summed E-state index contributed by atoms with van der Waals surface area (Å²) in [5.41, 5.74) is 4.07. The molecule has 94 valence electrons. The molecule has 0 aromatic heterocycles. The van der Waals surface area contributed by atoms with Gasteiger partial charge in [0.25, 0.3) is 0 Å². The van der Waals surface area contributed by atoms with Gasteiger partial charge >= 0.3 is 0 Å². The maximum absolute atomic E-state index is 9.07. The van der Waals surface area contributed by atoms with Crippen LogP contribution in [0.2, 0.25) is 0 Å². The number of nitrogens with zero attached hydrogens (tertiary/aromatic N) is 1. The van der Waals surface area contributed by atoms with Gasteiger partial charge in [-0.05, 0) is 44.0 Å². The summed E-state index contributed by atoms with van der Waals surface area (Å²) in [5, 5.41) is 12.3. The summed E-state index contributed by atoms with van der Waals surface area (Å²) in [6.45, 7) is 4.21. The second-order valence-electron chi connectivity index (χ2n) is 4.71. The van der Waals surface area contributed by atoms with Crippen LogP contribution in [0, 0.1) is 0 Å². The number of hydrogen-bond acceptors (Lipinski definition) is 3. The maximum Gasteiger partial charge on any atom is 0.0606 e. The highest BCUT2D eigenvalue weighted by Crippen LogP contribution is 2.29. The molecule has 2 N–H and O–H groups in total. The Labute approximate surface area is 103 Å². The van der Waals surface area contributed by atoms with Crippen molar-refractivity contribution in [3.8, 4) is 0 Å². The molecular weight excluding hydrogens is 212 g/mol. The van der Waals surface area contributed by atoms with E-state index in [1.54, 1.807) is 0 Å². The van der Waals surface area contributed by atoms with Crippen LogP contribution in [-0.2, 0) is 6.42 Å². The van der Waals surface area contributed by atoms with Crippen molar-refractivity contribution in [2.45, 2.75) is 25.8 Å². The van der Waals surface area contributed by atoms with E-state index in [-0.39, 0.29) is 6.61 Å². The molecule has 0 aliphatic carbocycles. The van der Waals surface area contributed by atoms with Crippen LogP contribution in [0.15, 0.2) is 18.2 Å². The molecule has 3 heteroatoms. The standard InChI is InChI=1S/C14H22N2O/c1-11(15-2)12-5-6-14-13(10-12)4-3-7-16(14)8-9-17/h5-6,10-11,15,17H,3-4,7-9H2,1-2H3. The van der Waals surface area contributed by atoms with E-state index in [9.17, 15) is 0 Å². The van der Waals surface area contributed by atoms with Gasteiger partial charge in [0.05, 0.1) is 6.61 Å². The fraction of sp³-hybridized carbons (Fsp3) is 0.571. The minimum absolute atomic E-state index is 0.230. The van der Waals surface area contributed by atoms with Crippen molar-refractivity contribution in [2.24, 2.45) is 0 Å². The van der Waals surface area contributed by atoms with Gasteiger partial charge in [-0.1, -0.05) is 12.1 Å². The Morgan fingerprint density at radius 1 is 1.47 bits per heavy atom. The van der Waals surface area contributed by atoms with Crippen LogP contribution in [-0.4, -0.2) is 31.9 Å². The number of anilines is 1. The second-order valence-corrected chi connectivity index (χ2v) is 4.71. The van der Waals surface area contributed by atoms with E-state index in [0.717, 1.165) is 19.5 Å². The van der Waals surface area contributed by atoms with Gasteiger partial charge in [0.15, 0.2) is 0 Å². The van der Waals surface area contributed by atoms with Crippen LogP contribution < -0.4 is 10.2 Å². The molecular formula is C14H22N2O. The number of benzene rings is 1. The molecule has 1 atom stereocenters. The molecule has 0 bridgehead atoms. The third-order valence-corrected chi connectivity index (χ3v) is 3.62. The lowest BCUT2D eigenvalue weighted by atomic mass is 9.97. The highest BCUT2D eigenvalue weighted by atomic mass is 16.3. The topological polar surface area (TPSA) is 35.5 Å². The van der Waals surface area contributed by atoms with Crippen molar-refractivity contribution in [1.29, 1.82) is 0 Å². The minimum Gasteiger partial charge on any atom is -0.395 e. The average Bonchev–Trinajstić information content (AvgIpc) is 2.38. The number of aliphatic hydroxyl groups excluding tert-OH is 1. The van der Waals surface area contributed by atoms with Gasteiger partial charge in [0.1, 0.15) is 0 Å². The molecule has 1 aromatic carbocycles. The van der Waals surface area contributed by atoms with E-state index in [1.807, 2.05) is 7.05 Å². The lowest BCUT2D eigenvalue weighted by Gasteiger charge is -2.31. The summed E-state index contributed by atoms with van der Waals surface area (Å²) in [6, 6.07) is 7.09. The highest BCUT2D eigenvalue weighted by molar-refractivity contribution is 5.57. The van der Waals surface area contributed by atoms with Gasteiger partial charge in [0, 0.05) is 24.8 Å². The number of aliphatic hydroxyl groups is 1. The van der Waals surface area contributed by atoms with E-state index in [4.69, 9.17) is 5.11 Å². The van der Waals surface area contributed by atoms with Crippen LogP contribution in [0.25, 0.3) is 0 Å². The van der Waals surface area contributed by atoms with E-state index in [2.05, 4.69) is 35.3 Å². The number of aryl methyl sites for hydroxylation is 1. The predicted octanol–water partition coefficient (Wildman–Crippen LogP) is 1.71. The molecule has 1 unspecified atom stereocenters. The zero-order chi connectivity index (χ0) is 12.3. The first-order valence-electron chi connectivity index (χ1n) is 6.42. The van der Waals surface area contributed by atoms with Crippen LogP contribution in [0.5, 0.6) is 0 Å². The Kier molecular flexibility index (Phi) is 4.02. The minimum atomic E-state index is 0.230. The molecule has 1 aromatic rings. The van der Waals surface area contributed by atoms with Gasteiger partial charge in [-0.15, -0.1) is 0 Å². The predicted molar refractivity (Wildman–Crippen MR) is 71.5 cm³/mol. The van der Waals surface area contributed by atoms with Gasteiger partial charge in [-0.25, -0.2) is 0 Å². The number of fused-ring (bicyclic) bond motifs is 1. The number of nitrogens with one attached hydrogen (secondary N) is 1. The summed E-state index contributed by atoms with van der Waals surface area (Å²) in [6.07, 6.45) is 2.34. The molecule has 1 aliphatic rings. The van der Waals surface area contributed by atoms with E-state index >= 15 is 0 Å². The first-order valence-corrected chi connectivity index (χ1v) is 6.42. The zero-order valence-electron chi connectivity index (χ0n) is 10.7. The molecule has 0 amide bonds. The molecule has 0 radical (unpaired) electrons. The summed E-state index contributed by atoms with van der Waals surface area (Å²) in [7, 11) is 1.99. The molecule has 0 spiro atoms. The van der Waals surface area contributed by atoms with Crippen molar-refractivity contribution in [3.63, 3.8) is 0 Å². The molecule has 1 aliphatic heterocycles. The molecule has 3 nitrogen and oxygen atoms in total. The monoisotopic (exact) mass is 234 g/mol. The number of hydrogen-bond donors (Lipinski definition) is 2. The van der Waals surface area contributed by atoms with Crippen LogP contribution >= 0.6 is 0 Å². The smallest absolute Gasteiger partial charge is 0.0606 e. The van der Waals surface area contributed by atoms with Crippen molar-refractivity contribution < 1.29 is 5.11 Å². The molecule has 1 heterocycles. The van der Waals surface area contributed by atoms with Crippen LogP contribution in [0.1, 0.15) is 30.5 Å². The molecule has 17 heavy (non-hydrogen) atoms. The van der Waals surface area contributed by atoms with E-state index in [0.29, 0.717) is 6.04 Å². The van der Waals surface area contributed by atoms with Gasteiger partial charge < -0.3 is 15.3 Å². The van der Waals surface area contributed by atoms with Gasteiger partial charge in [0.2, 0.25) is 0 Å². The number of rotatable bonds is 4. The Balaban J connectivity index is 2.26. The SMILES string of the molecule is CNC(C)c1ccc2c(c1)CCCN2CCO. The largest absolute Gasteiger partial charge is 0.395 e. The van der Waals surface area contributed by atoms with Gasteiger partial charge in [-0.3, -0.25) is 0 Å². The molecule has 0 saturated heterocycles. The van der Waals surface area contributed by atoms with Crippen LogP contribution in [0.3, 0.4) is 0 Å². The Bertz CT molecular complexity index is 378. The summed E-state index contributed by atoms with van der Waals surface area (Å²) in [4.78, 5) is 2.28. The van der Waals surface area contributed by atoms with Crippen molar-refractivity contribution >= 4 is 5.69 Å². The quantitative estimate of drug-likeness (QED) is 0.832. The van der Waals surface area contributed by atoms with Gasteiger partial charge in [-0.2, -0.15) is 0 Å². The molecule has 2 rings (SSSR count). The molecule has 0 saturated carbocycles. The third-order valence-electron chi connectivity index (χ3n) is 3.62. The third kappa shape index (κ3) is 2.61. The van der Waals surface area contributed by atoms with E-state index in [1.165, 1.54) is 23.2 Å². The van der Waals surface area contributed by atoms with Crippen molar-refractivity contribution in [3.05, 3.63) is 29.3 Å². The van der Waals surface area contributed by atoms with E-state index < -0.39 is 0 Å². The lowest BCUT2D eigenvalue weighted by molar-refractivity contribution is 0.301. The highest BCUT2D eigenvalue weighted by Gasteiger charge is 2.17.